The molecule has 1 saturated heterocycles. The number of benzene rings is 1. The van der Waals surface area contributed by atoms with Crippen molar-refractivity contribution in [2.45, 2.75) is 37.6 Å². The molecule has 0 atom stereocenters. The van der Waals surface area contributed by atoms with Gasteiger partial charge in [0.25, 0.3) is 11.8 Å². The number of nitrogens with zero attached hydrogens (tertiary/aromatic N) is 1. The van der Waals surface area contributed by atoms with Gasteiger partial charge in [-0.1, -0.05) is 54.1 Å². The summed E-state index contributed by atoms with van der Waals surface area (Å²) in [6.07, 6.45) is 3.88. The molecule has 6 nitrogen and oxygen atoms in total. The number of thiophene rings is 1. The fourth-order valence-electron chi connectivity index (χ4n) is 3.63. The van der Waals surface area contributed by atoms with Crippen molar-refractivity contribution in [3.05, 3.63) is 32.1 Å². The van der Waals surface area contributed by atoms with Crippen LogP contribution < -0.4 is 10.7 Å². The van der Waals surface area contributed by atoms with E-state index in [1.165, 1.54) is 6.07 Å². The van der Waals surface area contributed by atoms with Crippen molar-refractivity contribution in [1.29, 1.82) is 0 Å². The summed E-state index contributed by atoms with van der Waals surface area (Å²) in [4.78, 5) is 37.9. The lowest BCUT2D eigenvalue weighted by Crippen LogP contribution is -2.50. The number of fused-ring (bicyclic) bond motifs is 1. The normalized spacial score (nSPS) is 19.0. The lowest BCUT2D eigenvalue weighted by molar-refractivity contribution is -0.134. The number of hydrazine groups is 1. The highest BCUT2D eigenvalue weighted by molar-refractivity contribution is 7.21. The molecule has 0 unspecified atom stereocenters. The van der Waals surface area contributed by atoms with Crippen molar-refractivity contribution < 1.29 is 14.4 Å². The first-order chi connectivity index (χ1) is 12.8. The number of hydrogen-bond acceptors (Lipinski definition) is 4. The molecule has 0 radical (unpaired) electrons. The topological polar surface area (TPSA) is 78.5 Å². The predicted molar refractivity (Wildman–Crippen MR) is 106 cm³/mol. The highest BCUT2D eigenvalue weighted by atomic mass is 35.5. The SMILES string of the molecule is O=C(NN1C(=O)NC2(CCCCC2)C1=O)c1sc2cc(Cl)cc(Cl)c2c1Cl. The first-order valence-corrected chi connectivity index (χ1v) is 10.3. The third kappa shape index (κ3) is 3.06. The first-order valence-electron chi connectivity index (χ1n) is 8.37. The van der Waals surface area contributed by atoms with Crippen LogP contribution in [0.4, 0.5) is 4.79 Å². The molecule has 0 bridgehead atoms. The zero-order valence-corrected chi connectivity index (χ0v) is 17.0. The molecular formula is C17H14Cl3N3O3S. The summed E-state index contributed by atoms with van der Waals surface area (Å²) < 4.78 is 0.642. The standard InChI is InChI=1S/C17H14Cl3N3O3S/c18-8-6-9(19)11-10(7-8)27-13(12(11)20)14(24)22-23-15(25)17(21-16(23)26)4-2-1-3-5-17/h6-7H,1-5H2,(H,21,26)(H,22,24). The van der Waals surface area contributed by atoms with Gasteiger partial charge in [-0.25, -0.2) is 4.79 Å². The highest BCUT2D eigenvalue weighted by Crippen LogP contribution is 2.41. The largest absolute Gasteiger partial charge is 0.344 e. The van der Waals surface area contributed by atoms with Crippen LogP contribution in [0.15, 0.2) is 12.1 Å². The Morgan fingerprint density at radius 1 is 1.15 bits per heavy atom. The Bertz CT molecular complexity index is 985. The van der Waals surface area contributed by atoms with Gasteiger partial charge in [-0.3, -0.25) is 15.0 Å². The van der Waals surface area contributed by atoms with Crippen LogP contribution >= 0.6 is 46.1 Å². The number of imide groups is 1. The van der Waals surface area contributed by atoms with Gasteiger partial charge in [0.05, 0.1) is 10.0 Å². The van der Waals surface area contributed by atoms with Crippen LogP contribution in [-0.4, -0.2) is 28.4 Å². The van der Waals surface area contributed by atoms with Crippen molar-refractivity contribution in [1.82, 2.24) is 15.8 Å². The van der Waals surface area contributed by atoms with Crippen molar-refractivity contribution in [3.63, 3.8) is 0 Å². The van der Waals surface area contributed by atoms with Gasteiger partial charge in [-0.15, -0.1) is 11.3 Å². The van der Waals surface area contributed by atoms with Crippen molar-refractivity contribution >= 4 is 74.1 Å². The van der Waals surface area contributed by atoms with Crippen LogP contribution in [-0.2, 0) is 4.79 Å². The van der Waals surface area contributed by atoms with E-state index < -0.39 is 23.4 Å². The van der Waals surface area contributed by atoms with E-state index >= 15 is 0 Å². The average Bonchev–Trinajstić information content (AvgIpc) is 3.05. The van der Waals surface area contributed by atoms with Crippen LogP contribution in [0.3, 0.4) is 0 Å². The summed E-state index contributed by atoms with van der Waals surface area (Å²) in [6, 6.07) is 2.56. The summed E-state index contributed by atoms with van der Waals surface area (Å²) in [7, 11) is 0. The molecule has 2 fully saturated rings. The molecule has 1 aromatic carbocycles. The van der Waals surface area contributed by atoms with Gasteiger partial charge >= 0.3 is 6.03 Å². The molecule has 1 aromatic heterocycles. The molecule has 10 heteroatoms. The third-order valence-corrected chi connectivity index (χ3v) is 7.08. The number of halogens is 3. The summed E-state index contributed by atoms with van der Waals surface area (Å²) in [5.74, 6) is -1.08. The Labute approximate surface area is 173 Å². The Morgan fingerprint density at radius 3 is 2.56 bits per heavy atom. The predicted octanol–water partition coefficient (Wildman–Crippen LogP) is 4.76. The maximum absolute atomic E-state index is 12.8. The third-order valence-electron chi connectivity index (χ3n) is 4.94. The molecule has 2 heterocycles. The Balaban J connectivity index is 1.62. The number of hydrogen-bond donors (Lipinski definition) is 2. The molecular weight excluding hydrogens is 433 g/mol. The van der Waals surface area contributed by atoms with Crippen LogP contribution in [0.5, 0.6) is 0 Å². The summed E-state index contributed by atoms with van der Waals surface area (Å²) in [6.45, 7) is 0. The van der Waals surface area contributed by atoms with E-state index in [0.717, 1.165) is 35.6 Å². The van der Waals surface area contributed by atoms with Gasteiger partial charge in [-0.05, 0) is 25.0 Å². The molecule has 1 saturated carbocycles. The molecule has 1 spiro atoms. The van der Waals surface area contributed by atoms with Gasteiger partial charge in [0.15, 0.2) is 0 Å². The zero-order chi connectivity index (χ0) is 19.3. The summed E-state index contributed by atoms with van der Waals surface area (Å²) in [5.41, 5.74) is 1.47. The minimum Gasteiger partial charge on any atom is -0.322 e. The number of amides is 4. The number of carbonyl (C=O) groups excluding carboxylic acids is 3. The van der Waals surface area contributed by atoms with Crippen molar-refractivity contribution in [2.75, 3.05) is 0 Å². The maximum atomic E-state index is 12.8. The second-order valence-electron chi connectivity index (χ2n) is 6.66. The Morgan fingerprint density at radius 2 is 1.85 bits per heavy atom. The first kappa shape index (κ1) is 18.8. The van der Waals surface area contributed by atoms with Crippen LogP contribution in [0.25, 0.3) is 10.1 Å². The second-order valence-corrected chi connectivity index (χ2v) is 8.93. The summed E-state index contributed by atoms with van der Waals surface area (Å²) in [5, 5.41) is 4.91. The van der Waals surface area contributed by atoms with E-state index in [4.69, 9.17) is 34.8 Å². The Kier molecular flexibility index (Phi) is 4.74. The zero-order valence-electron chi connectivity index (χ0n) is 13.9. The quantitative estimate of drug-likeness (QED) is 0.653. The van der Waals surface area contributed by atoms with E-state index in [0.29, 0.717) is 33.0 Å². The van der Waals surface area contributed by atoms with Gasteiger partial charge in [-0.2, -0.15) is 5.01 Å². The van der Waals surface area contributed by atoms with Gasteiger partial charge in [0.2, 0.25) is 0 Å². The van der Waals surface area contributed by atoms with E-state index in [1.807, 2.05) is 0 Å². The monoisotopic (exact) mass is 445 g/mol. The number of urea groups is 1. The molecule has 4 amide bonds. The summed E-state index contributed by atoms with van der Waals surface area (Å²) >= 11 is 19.6. The minimum atomic E-state index is -0.913. The average molecular weight is 447 g/mol. The highest BCUT2D eigenvalue weighted by Gasteiger charge is 2.52. The van der Waals surface area contributed by atoms with Crippen LogP contribution in [0.1, 0.15) is 41.8 Å². The Hall–Kier alpha value is -1.54. The lowest BCUT2D eigenvalue weighted by atomic mass is 9.82. The molecule has 27 heavy (non-hydrogen) atoms. The van der Waals surface area contributed by atoms with Crippen molar-refractivity contribution in [3.8, 4) is 0 Å². The minimum absolute atomic E-state index is 0.154. The fourth-order valence-corrected chi connectivity index (χ4v) is 5.89. The lowest BCUT2D eigenvalue weighted by Gasteiger charge is -2.30. The second kappa shape index (κ2) is 6.81. The molecule has 142 valence electrons. The van der Waals surface area contributed by atoms with E-state index in [-0.39, 0.29) is 9.90 Å². The van der Waals surface area contributed by atoms with E-state index in [2.05, 4.69) is 10.7 Å². The van der Waals surface area contributed by atoms with Gasteiger partial charge in [0.1, 0.15) is 10.4 Å². The van der Waals surface area contributed by atoms with Crippen LogP contribution in [0.2, 0.25) is 15.1 Å². The van der Waals surface area contributed by atoms with E-state index in [1.54, 1.807) is 6.07 Å². The molecule has 1 aliphatic carbocycles. The maximum Gasteiger partial charge on any atom is 0.344 e. The molecule has 2 aliphatic rings. The van der Waals surface area contributed by atoms with Gasteiger partial charge in [0, 0.05) is 15.1 Å². The smallest absolute Gasteiger partial charge is 0.322 e. The fraction of sp³-hybridized carbons (Fsp3) is 0.353. The van der Waals surface area contributed by atoms with Crippen LogP contribution in [0, 0.1) is 0 Å². The molecule has 2 N–H and O–H groups in total. The number of carbonyl (C=O) groups is 3. The number of rotatable bonds is 2. The van der Waals surface area contributed by atoms with Gasteiger partial charge < -0.3 is 5.32 Å². The molecule has 2 aromatic rings. The molecule has 1 aliphatic heterocycles. The van der Waals surface area contributed by atoms with Crippen molar-refractivity contribution in [2.24, 2.45) is 0 Å². The molecule has 4 rings (SSSR count). The van der Waals surface area contributed by atoms with E-state index in [9.17, 15) is 14.4 Å². The number of nitrogens with one attached hydrogen (secondary N) is 2.